The summed E-state index contributed by atoms with van der Waals surface area (Å²) in [6, 6.07) is 20.5. The molecule has 1 atom stereocenters. The van der Waals surface area contributed by atoms with Gasteiger partial charge in [0.1, 0.15) is 11.5 Å². The number of rotatable bonds is 5. The van der Waals surface area contributed by atoms with Crippen molar-refractivity contribution in [1.29, 1.82) is 0 Å². The summed E-state index contributed by atoms with van der Waals surface area (Å²) in [6.45, 7) is 1.93. The van der Waals surface area contributed by atoms with Gasteiger partial charge in [-0.05, 0) is 48.9 Å². The molecule has 0 spiro atoms. The van der Waals surface area contributed by atoms with Gasteiger partial charge in [0.25, 0.3) is 0 Å². The molecule has 0 aromatic heterocycles. The summed E-state index contributed by atoms with van der Waals surface area (Å²) in [5.74, 6) is 1.53. The van der Waals surface area contributed by atoms with Crippen molar-refractivity contribution in [1.82, 2.24) is 0 Å². The lowest BCUT2D eigenvalue weighted by atomic mass is 10.1. The smallest absolute Gasteiger partial charge is 0.128 e. The van der Waals surface area contributed by atoms with E-state index in [0.29, 0.717) is 15.1 Å². The third-order valence-corrected chi connectivity index (χ3v) is 4.59. The van der Waals surface area contributed by atoms with Crippen LogP contribution < -0.4 is 4.74 Å². The molecule has 0 saturated heterocycles. The van der Waals surface area contributed by atoms with Crippen LogP contribution in [-0.2, 0) is 0 Å². The van der Waals surface area contributed by atoms with Gasteiger partial charge < -0.3 is 4.74 Å². The van der Waals surface area contributed by atoms with Crippen molar-refractivity contribution >= 4 is 41.0 Å². The van der Waals surface area contributed by atoms with Gasteiger partial charge in [-0.3, -0.25) is 4.99 Å². The van der Waals surface area contributed by atoms with E-state index >= 15 is 0 Å². The average molecular weight is 405 g/mol. The predicted octanol–water partition coefficient (Wildman–Crippen LogP) is 7.62. The lowest BCUT2D eigenvalue weighted by molar-refractivity contribution is 0.482. The Kier molecular flexibility index (Phi) is 6.20. The minimum atomic E-state index is -0.203. The summed E-state index contributed by atoms with van der Waals surface area (Å²) >= 11 is 18.5. The van der Waals surface area contributed by atoms with Crippen molar-refractivity contribution in [3.05, 3.63) is 92.9 Å². The number of hydrogen-bond acceptors (Lipinski definition) is 2. The maximum absolute atomic E-state index is 6.26. The molecule has 0 radical (unpaired) electrons. The molecule has 0 saturated carbocycles. The molecule has 5 heteroatoms. The molecule has 0 bridgehead atoms. The van der Waals surface area contributed by atoms with Crippen molar-refractivity contribution < 1.29 is 4.74 Å². The highest BCUT2D eigenvalue weighted by molar-refractivity contribution is 6.39. The Labute approximate surface area is 168 Å². The second-order valence-corrected chi connectivity index (χ2v) is 6.98. The largest absolute Gasteiger partial charge is 0.457 e. The average Bonchev–Trinajstić information content (AvgIpc) is 2.60. The minimum Gasteiger partial charge on any atom is -0.457 e. The molecule has 0 aliphatic rings. The first kappa shape index (κ1) is 18.8. The van der Waals surface area contributed by atoms with E-state index in [-0.39, 0.29) is 6.04 Å². The molecule has 0 amide bonds. The number of aliphatic imine (C=N–C) groups is 1. The molecule has 3 aromatic carbocycles. The molecular weight excluding hydrogens is 389 g/mol. The summed E-state index contributed by atoms with van der Waals surface area (Å²) < 4.78 is 5.84. The van der Waals surface area contributed by atoms with Crippen LogP contribution >= 0.6 is 34.8 Å². The van der Waals surface area contributed by atoms with E-state index in [9.17, 15) is 0 Å². The van der Waals surface area contributed by atoms with E-state index in [1.807, 2.05) is 61.5 Å². The monoisotopic (exact) mass is 403 g/mol. The van der Waals surface area contributed by atoms with Crippen molar-refractivity contribution in [3.63, 3.8) is 0 Å². The first-order valence-electron chi connectivity index (χ1n) is 8.03. The summed E-state index contributed by atoms with van der Waals surface area (Å²) in [7, 11) is 0. The second-order valence-electron chi connectivity index (χ2n) is 5.72. The van der Waals surface area contributed by atoms with E-state index in [0.717, 1.165) is 22.6 Å². The second kappa shape index (κ2) is 8.59. The normalized spacial score (nSPS) is 12.3. The molecule has 132 valence electrons. The molecular formula is C21H16Cl3NO. The van der Waals surface area contributed by atoms with Crippen molar-refractivity contribution in [3.8, 4) is 11.5 Å². The predicted molar refractivity (Wildman–Crippen MR) is 110 cm³/mol. The summed E-state index contributed by atoms with van der Waals surface area (Å²) in [5, 5.41) is 1.52. The number of ether oxygens (including phenoxy) is 1. The van der Waals surface area contributed by atoms with Crippen LogP contribution in [0, 0.1) is 0 Å². The van der Waals surface area contributed by atoms with E-state index in [2.05, 4.69) is 4.99 Å². The lowest BCUT2D eigenvalue weighted by Gasteiger charge is -2.12. The Hall–Kier alpha value is -2.00. The van der Waals surface area contributed by atoms with Gasteiger partial charge in [-0.25, -0.2) is 0 Å². The maximum Gasteiger partial charge on any atom is 0.128 e. The summed E-state index contributed by atoms with van der Waals surface area (Å²) in [4.78, 5) is 4.57. The van der Waals surface area contributed by atoms with Crippen LogP contribution in [0.3, 0.4) is 0 Å². The van der Waals surface area contributed by atoms with Gasteiger partial charge >= 0.3 is 0 Å². The molecule has 0 aliphatic carbocycles. The van der Waals surface area contributed by atoms with Gasteiger partial charge in [-0.15, -0.1) is 0 Å². The zero-order valence-electron chi connectivity index (χ0n) is 14.0. The fourth-order valence-electron chi connectivity index (χ4n) is 2.51. The SMILES string of the molecule is CC(/N=C/c1cccc(Oc2ccccc2)c1)c1c(Cl)cc(Cl)cc1Cl. The van der Waals surface area contributed by atoms with Crippen molar-refractivity contribution in [2.24, 2.45) is 4.99 Å². The molecule has 0 heterocycles. The zero-order chi connectivity index (χ0) is 18.5. The maximum atomic E-state index is 6.26. The van der Waals surface area contributed by atoms with Gasteiger partial charge in [0.05, 0.1) is 6.04 Å². The molecule has 0 fully saturated rings. The molecule has 3 aromatic rings. The number of halogens is 3. The standard InChI is InChI=1S/C21H16Cl3NO/c1-14(21-19(23)11-16(22)12-20(21)24)25-13-15-6-5-9-18(10-15)26-17-7-3-2-4-8-17/h2-14H,1H3/b25-13+. The fourth-order valence-corrected chi connectivity index (χ4v) is 3.64. The lowest BCUT2D eigenvalue weighted by Crippen LogP contribution is -1.95. The number of nitrogens with zero attached hydrogens (tertiary/aromatic N) is 1. The molecule has 0 aliphatic heterocycles. The first-order valence-corrected chi connectivity index (χ1v) is 9.17. The number of benzene rings is 3. The van der Waals surface area contributed by atoms with Gasteiger partial charge in [0.15, 0.2) is 0 Å². The van der Waals surface area contributed by atoms with Crippen LogP contribution in [0.1, 0.15) is 24.1 Å². The number of hydrogen-bond donors (Lipinski definition) is 0. The highest BCUT2D eigenvalue weighted by Crippen LogP contribution is 2.35. The van der Waals surface area contributed by atoms with Crippen molar-refractivity contribution in [2.75, 3.05) is 0 Å². The first-order chi connectivity index (χ1) is 12.5. The Bertz CT molecular complexity index is 903. The highest BCUT2D eigenvalue weighted by atomic mass is 35.5. The van der Waals surface area contributed by atoms with Gasteiger partial charge in [0, 0.05) is 26.8 Å². The summed E-state index contributed by atoms with van der Waals surface area (Å²) in [6.07, 6.45) is 1.78. The van der Waals surface area contributed by atoms with E-state index < -0.39 is 0 Å². The van der Waals surface area contributed by atoms with Crippen LogP contribution in [0.2, 0.25) is 15.1 Å². The van der Waals surface area contributed by atoms with Gasteiger partial charge in [0.2, 0.25) is 0 Å². The Morgan fingerprint density at radius 2 is 1.50 bits per heavy atom. The third kappa shape index (κ3) is 4.79. The van der Waals surface area contributed by atoms with Crippen LogP contribution in [0.5, 0.6) is 11.5 Å². The van der Waals surface area contributed by atoms with E-state index in [4.69, 9.17) is 39.5 Å². The van der Waals surface area contributed by atoms with Crippen LogP contribution in [0.15, 0.2) is 71.7 Å². The Morgan fingerprint density at radius 1 is 0.846 bits per heavy atom. The number of para-hydroxylation sites is 1. The van der Waals surface area contributed by atoms with Crippen molar-refractivity contribution in [2.45, 2.75) is 13.0 Å². The molecule has 26 heavy (non-hydrogen) atoms. The van der Waals surface area contributed by atoms with Gasteiger partial charge in [-0.1, -0.05) is 65.1 Å². The Morgan fingerprint density at radius 3 is 2.19 bits per heavy atom. The topological polar surface area (TPSA) is 21.6 Å². The zero-order valence-corrected chi connectivity index (χ0v) is 16.3. The van der Waals surface area contributed by atoms with Crippen LogP contribution in [0.25, 0.3) is 0 Å². The van der Waals surface area contributed by atoms with E-state index in [1.165, 1.54) is 0 Å². The van der Waals surface area contributed by atoms with Crippen LogP contribution in [-0.4, -0.2) is 6.21 Å². The van der Waals surface area contributed by atoms with Gasteiger partial charge in [-0.2, -0.15) is 0 Å². The molecule has 1 unspecified atom stereocenters. The molecule has 3 rings (SSSR count). The molecule has 0 N–H and O–H groups in total. The Balaban J connectivity index is 1.77. The molecule has 2 nitrogen and oxygen atoms in total. The highest BCUT2D eigenvalue weighted by Gasteiger charge is 2.13. The minimum absolute atomic E-state index is 0.203. The van der Waals surface area contributed by atoms with E-state index in [1.54, 1.807) is 18.3 Å². The summed E-state index contributed by atoms with van der Waals surface area (Å²) in [5.41, 5.74) is 1.68. The third-order valence-electron chi connectivity index (χ3n) is 3.75. The van der Waals surface area contributed by atoms with Crippen LogP contribution in [0.4, 0.5) is 0 Å². The quantitative estimate of drug-likeness (QED) is 0.401. The fraction of sp³-hybridized carbons (Fsp3) is 0.0952.